The first-order chi connectivity index (χ1) is 44.0. The van der Waals surface area contributed by atoms with E-state index in [4.69, 9.17) is 56.8 Å². The molecule has 0 bridgehead atoms. The van der Waals surface area contributed by atoms with Gasteiger partial charge in [-0.2, -0.15) is 35.3 Å². The summed E-state index contributed by atoms with van der Waals surface area (Å²) in [6.45, 7) is 12.7. The van der Waals surface area contributed by atoms with Crippen molar-refractivity contribution in [2.24, 2.45) is 17.8 Å². The van der Waals surface area contributed by atoms with Gasteiger partial charge >= 0.3 is 0 Å². The molecule has 4 aliphatic rings. The fraction of sp³-hybridized carbons (Fsp3) is 0.938. The van der Waals surface area contributed by atoms with Crippen molar-refractivity contribution in [3.63, 3.8) is 0 Å². The Labute approximate surface area is 558 Å². The number of rotatable bonds is 59. The zero-order chi connectivity index (χ0) is 64.5. The molecule has 11 unspecified atom stereocenters. The number of aliphatic hydroxyl groups is 1. The van der Waals surface area contributed by atoms with Gasteiger partial charge in [0.1, 0.15) is 4.93 Å². The molecule has 0 aliphatic carbocycles. The number of carbonyl (C=O) groups is 4. The summed E-state index contributed by atoms with van der Waals surface area (Å²) in [5.74, 6) is 4.36. The predicted octanol–water partition coefficient (Wildman–Crippen LogP) is 7.49. The Morgan fingerprint density at radius 1 is 0.367 bits per heavy atom. The van der Waals surface area contributed by atoms with Gasteiger partial charge in [-0.05, 0) is 144 Å². The van der Waals surface area contributed by atoms with Crippen LogP contribution in [-0.4, -0.2) is 257 Å². The monoisotopic (exact) mass is 1360 g/mol. The number of ether oxygens (including phenoxy) is 12. The molecule has 4 aliphatic heterocycles. The molecule has 25 heteroatoms. The Bertz CT molecular complexity index is 1830. The number of hydrogen-bond acceptors (Lipinski definition) is 21. The van der Waals surface area contributed by atoms with E-state index >= 15 is 0 Å². The molecule has 0 aromatic rings. The van der Waals surface area contributed by atoms with E-state index in [0.717, 1.165) is 113 Å². The van der Waals surface area contributed by atoms with Gasteiger partial charge in [0.2, 0.25) is 23.6 Å². The maximum Gasteiger partial charge on any atom is 0.220 e. The van der Waals surface area contributed by atoms with Crippen LogP contribution < -0.4 is 21.3 Å². The lowest BCUT2D eigenvalue weighted by atomic mass is 9.87. The molecule has 21 nitrogen and oxygen atoms in total. The van der Waals surface area contributed by atoms with Crippen LogP contribution in [0.4, 0.5) is 0 Å². The maximum atomic E-state index is 14.3. The zero-order valence-electron chi connectivity index (χ0n) is 55.7. The highest BCUT2D eigenvalue weighted by molar-refractivity contribution is 8.01. The molecule has 526 valence electrons. The summed E-state index contributed by atoms with van der Waals surface area (Å²) in [6.07, 6.45) is 16.0. The van der Waals surface area contributed by atoms with Crippen molar-refractivity contribution in [2.75, 3.05) is 184 Å². The first-order valence-corrected chi connectivity index (χ1v) is 38.1. The van der Waals surface area contributed by atoms with Crippen molar-refractivity contribution in [2.45, 2.75) is 187 Å². The first kappa shape index (κ1) is 81.2. The molecule has 0 radical (unpaired) electrons. The third-order valence-corrected chi connectivity index (χ3v) is 23.1. The van der Waals surface area contributed by atoms with Crippen LogP contribution in [0.5, 0.6) is 0 Å². The highest BCUT2D eigenvalue weighted by atomic mass is 32.2. The van der Waals surface area contributed by atoms with E-state index in [1.54, 1.807) is 35.4 Å². The van der Waals surface area contributed by atoms with Gasteiger partial charge in [-0.3, -0.25) is 19.2 Å². The molecule has 0 aromatic carbocycles. The minimum absolute atomic E-state index is 0.0187. The van der Waals surface area contributed by atoms with Crippen LogP contribution in [0.1, 0.15) is 142 Å². The van der Waals surface area contributed by atoms with Gasteiger partial charge < -0.3 is 83.2 Å². The summed E-state index contributed by atoms with van der Waals surface area (Å²) in [5, 5.41) is 24.9. The molecule has 4 fully saturated rings. The Morgan fingerprint density at radius 3 is 1.00 bits per heavy atom. The summed E-state index contributed by atoms with van der Waals surface area (Å²) in [6, 6.07) is -0.258. The molecule has 4 heterocycles. The van der Waals surface area contributed by atoms with Crippen LogP contribution in [0.25, 0.3) is 0 Å². The standard InChI is InChI=1S/C65H120N4O17S4/c1-65(74)57(26-50-90-65)69-61(73)22-19-53(15-12-30-82-42-46-86-38-34-78-5)64-56(25-49-89-64)68-60(72)21-18-52(14-11-29-81-41-45-85-37-33-77-4)63-55(24-48-88-63)67-59(71)20-17-51(13-10-28-80-40-44-84-36-32-76-3)62-54(23-47-87-62)66-58(70)16-8-6-7-9-27-79-39-43-83-35-31-75-2/h51-57,62-64,74H,6-50H2,1-5H3,(H,66,70)(H,67,71)(H,68,72)(H,69,73). The van der Waals surface area contributed by atoms with Crippen molar-refractivity contribution in [1.82, 2.24) is 21.3 Å². The summed E-state index contributed by atoms with van der Waals surface area (Å²) in [7, 11) is 6.62. The average Bonchev–Trinajstić information content (AvgIpc) is 2.29. The van der Waals surface area contributed by atoms with Crippen LogP contribution in [0.2, 0.25) is 0 Å². The number of thioether (sulfide) groups is 4. The summed E-state index contributed by atoms with van der Waals surface area (Å²) in [4.78, 5) is 54.3. The Balaban J connectivity index is 1.35. The number of amides is 4. The second-order valence-corrected chi connectivity index (χ2v) is 29.4. The molecule has 90 heavy (non-hydrogen) atoms. The third kappa shape index (κ3) is 36.8. The molecule has 4 amide bonds. The van der Waals surface area contributed by atoms with E-state index < -0.39 is 4.93 Å². The van der Waals surface area contributed by atoms with E-state index in [1.807, 2.05) is 35.3 Å². The summed E-state index contributed by atoms with van der Waals surface area (Å²) in [5.41, 5.74) is 0. The molecule has 4 rings (SSSR count). The maximum absolute atomic E-state index is 14.3. The lowest BCUT2D eigenvalue weighted by Crippen LogP contribution is -2.46. The van der Waals surface area contributed by atoms with E-state index in [2.05, 4.69) is 21.3 Å². The van der Waals surface area contributed by atoms with Crippen LogP contribution in [0, 0.1) is 17.8 Å². The Morgan fingerprint density at radius 2 is 0.667 bits per heavy atom. The van der Waals surface area contributed by atoms with E-state index in [0.29, 0.717) is 177 Å². The van der Waals surface area contributed by atoms with Crippen LogP contribution >= 0.6 is 47.0 Å². The van der Waals surface area contributed by atoms with Crippen LogP contribution in [-0.2, 0) is 76.0 Å². The average molecular weight is 1360 g/mol. The number of nitrogens with one attached hydrogen (secondary N) is 4. The zero-order valence-corrected chi connectivity index (χ0v) is 59.0. The largest absolute Gasteiger partial charge is 0.382 e. The van der Waals surface area contributed by atoms with Gasteiger partial charge in [-0.15, -0.1) is 11.8 Å². The highest BCUT2D eigenvalue weighted by Crippen LogP contribution is 2.41. The van der Waals surface area contributed by atoms with Gasteiger partial charge in [0.05, 0.1) is 112 Å². The Kier molecular flexibility index (Phi) is 47.7. The highest BCUT2D eigenvalue weighted by Gasteiger charge is 2.41. The molecule has 11 atom stereocenters. The molecule has 0 aromatic heterocycles. The number of carbonyl (C=O) groups excluding carboxylic acids is 4. The second-order valence-electron chi connectivity index (χ2n) is 24.1. The van der Waals surface area contributed by atoms with Crippen molar-refractivity contribution in [1.29, 1.82) is 0 Å². The first-order valence-electron chi connectivity index (χ1n) is 34.0. The topological polar surface area (TPSA) is 247 Å². The van der Waals surface area contributed by atoms with Crippen molar-refractivity contribution in [3.05, 3.63) is 0 Å². The van der Waals surface area contributed by atoms with Crippen molar-refractivity contribution >= 4 is 70.7 Å². The summed E-state index contributed by atoms with van der Waals surface area (Å²) >= 11 is 7.21. The lowest BCUT2D eigenvalue weighted by molar-refractivity contribution is -0.124. The molecular weight excluding hydrogens is 1240 g/mol. The van der Waals surface area contributed by atoms with Crippen LogP contribution in [0.3, 0.4) is 0 Å². The minimum Gasteiger partial charge on any atom is -0.382 e. The van der Waals surface area contributed by atoms with Gasteiger partial charge in [-0.1, -0.05) is 12.8 Å². The van der Waals surface area contributed by atoms with Gasteiger partial charge in [-0.25, -0.2) is 0 Å². The third-order valence-electron chi connectivity index (χ3n) is 17.1. The summed E-state index contributed by atoms with van der Waals surface area (Å²) < 4.78 is 66.2. The Hall–Kier alpha value is -1.24. The number of methoxy groups -OCH3 is 4. The van der Waals surface area contributed by atoms with Crippen molar-refractivity contribution in [3.8, 4) is 0 Å². The molecule has 0 spiro atoms. The minimum atomic E-state index is -0.975. The molecular formula is C65H120N4O17S4. The predicted molar refractivity (Wildman–Crippen MR) is 361 cm³/mol. The number of hydrogen-bond donors (Lipinski definition) is 5. The molecule has 0 saturated carbocycles. The fourth-order valence-corrected chi connectivity index (χ4v) is 18.2. The second kappa shape index (κ2) is 52.9. The van der Waals surface area contributed by atoms with Gasteiger partial charge in [0.15, 0.2) is 0 Å². The van der Waals surface area contributed by atoms with Crippen LogP contribution in [0.15, 0.2) is 0 Å². The molecule has 4 saturated heterocycles. The van der Waals surface area contributed by atoms with Gasteiger partial charge in [0.25, 0.3) is 0 Å². The fourth-order valence-electron chi connectivity index (χ4n) is 12.2. The van der Waals surface area contributed by atoms with E-state index in [-0.39, 0.29) is 81.3 Å². The molecule has 5 N–H and O–H groups in total. The lowest BCUT2D eigenvalue weighted by Gasteiger charge is -2.31. The number of unbranched alkanes of at least 4 members (excludes halogenated alkanes) is 3. The SMILES string of the molecule is COCCOCCOCCCCCCC(=O)NC1CCSC1C(CCCOCCOCCOC)CCC(=O)NC1CCSC1C(CCCOCCOCCOC)CCC(=O)NC1CCSC1C(CCCOCCOCCOC)CCC(=O)NC1CCSC1(C)O. The van der Waals surface area contributed by atoms with Crippen molar-refractivity contribution < 1.29 is 81.1 Å². The quantitative estimate of drug-likeness (QED) is 0.0370. The van der Waals surface area contributed by atoms with E-state index in [9.17, 15) is 24.3 Å². The normalized spacial score (nSPS) is 23.5. The smallest absolute Gasteiger partial charge is 0.220 e. The van der Waals surface area contributed by atoms with E-state index in [1.165, 1.54) is 11.8 Å². The van der Waals surface area contributed by atoms with Gasteiger partial charge in [0, 0.05) is 114 Å².